The van der Waals surface area contributed by atoms with Gasteiger partial charge in [-0.1, -0.05) is 35.3 Å². The summed E-state index contributed by atoms with van der Waals surface area (Å²) in [5.74, 6) is -0.546. The maximum atomic E-state index is 13.7. The molecule has 2 aromatic carbocycles. The molecule has 0 aliphatic heterocycles. The Morgan fingerprint density at radius 2 is 1.61 bits per heavy atom. The second-order valence-corrected chi connectivity index (χ2v) is 4.19. The van der Waals surface area contributed by atoms with Crippen LogP contribution in [0.1, 0.15) is 5.56 Å². The lowest BCUT2D eigenvalue weighted by Gasteiger charge is -2.09. The molecule has 18 heavy (non-hydrogen) atoms. The molecular formula is C13H6Cl2FNO. The van der Waals surface area contributed by atoms with Crippen molar-refractivity contribution in [3.05, 3.63) is 57.8 Å². The Balaban J connectivity index is 2.44. The number of nitriles is 1. The van der Waals surface area contributed by atoms with Crippen molar-refractivity contribution in [3.63, 3.8) is 0 Å². The van der Waals surface area contributed by atoms with E-state index < -0.39 is 5.82 Å². The highest BCUT2D eigenvalue weighted by molar-refractivity contribution is 6.32. The topological polar surface area (TPSA) is 33.0 Å². The van der Waals surface area contributed by atoms with E-state index in [-0.39, 0.29) is 27.1 Å². The van der Waals surface area contributed by atoms with Gasteiger partial charge in [0, 0.05) is 0 Å². The first kappa shape index (κ1) is 12.7. The molecule has 0 amide bonds. The standard InChI is InChI=1S/C13H6Cl2FNO/c14-9-3-1-5-11(8(9)7-17)18-12-6-2-4-10(15)13(12)16/h1-6H. The predicted octanol–water partition coefficient (Wildman–Crippen LogP) is 4.80. The third-order valence-electron chi connectivity index (χ3n) is 2.22. The third-order valence-corrected chi connectivity index (χ3v) is 2.83. The quantitative estimate of drug-likeness (QED) is 0.792. The summed E-state index contributed by atoms with van der Waals surface area (Å²) >= 11 is 11.5. The van der Waals surface area contributed by atoms with E-state index >= 15 is 0 Å². The summed E-state index contributed by atoms with van der Waals surface area (Å²) in [7, 11) is 0. The van der Waals surface area contributed by atoms with E-state index in [1.54, 1.807) is 18.2 Å². The van der Waals surface area contributed by atoms with Crippen LogP contribution in [0.4, 0.5) is 4.39 Å². The van der Waals surface area contributed by atoms with Crippen molar-refractivity contribution in [1.82, 2.24) is 0 Å². The van der Waals surface area contributed by atoms with Crippen LogP contribution in [0, 0.1) is 17.1 Å². The molecule has 0 aliphatic rings. The largest absolute Gasteiger partial charge is 0.453 e. The smallest absolute Gasteiger partial charge is 0.184 e. The number of rotatable bonds is 2. The Kier molecular flexibility index (Phi) is 3.71. The van der Waals surface area contributed by atoms with Crippen LogP contribution in [0.5, 0.6) is 11.5 Å². The van der Waals surface area contributed by atoms with Crippen molar-refractivity contribution in [2.24, 2.45) is 0 Å². The van der Waals surface area contributed by atoms with E-state index in [9.17, 15) is 4.39 Å². The fraction of sp³-hybridized carbons (Fsp3) is 0. The highest BCUT2D eigenvalue weighted by atomic mass is 35.5. The third kappa shape index (κ3) is 2.40. The average molecular weight is 282 g/mol. The molecule has 0 unspecified atom stereocenters. The molecule has 0 fully saturated rings. The van der Waals surface area contributed by atoms with Gasteiger partial charge in [-0.3, -0.25) is 0 Å². The SMILES string of the molecule is N#Cc1c(Cl)cccc1Oc1cccc(Cl)c1F. The molecule has 2 nitrogen and oxygen atoms in total. The van der Waals surface area contributed by atoms with Gasteiger partial charge in [-0.05, 0) is 24.3 Å². The van der Waals surface area contributed by atoms with Crippen LogP contribution in [-0.2, 0) is 0 Å². The Morgan fingerprint density at radius 1 is 1.00 bits per heavy atom. The molecule has 5 heteroatoms. The van der Waals surface area contributed by atoms with E-state index in [1.165, 1.54) is 18.2 Å². The van der Waals surface area contributed by atoms with Crippen molar-refractivity contribution < 1.29 is 9.13 Å². The van der Waals surface area contributed by atoms with Gasteiger partial charge in [0.2, 0.25) is 0 Å². The van der Waals surface area contributed by atoms with E-state index in [0.29, 0.717) is 0 Å². The van der Waals surface area contributed by atoms with Gasteiger partial charge >= 0.3 is 0 Å². The summed E-state index contributed by atoms with van der Waals surface area (Å²) in [5.41, 5.74) is 0.151. The number of nitrogens with zero attached hydrogens (tertiary/aromatic N) is 1. The van der Waals surface area contributed by atoms with Gasteiger partial charge in [0.1, 0.15) is 17.4 Å². The second kappa shape index (κ2) is 5.26. The lowest BCUT2D eigenvalue weighted by atomic mass is 10.2. The maximum Gasteiger partial charge on any atom is 0.184 e. The zero-order valence-corrected chi connectivity index (χ0v) is 10.5. The summed E-state index contributed by atoms with van der Waals surface area (Å²) in [6.45, 7) is 0. The molecule has 2 rings (SSSR count). The maximum absolute atomic E-state index is 13.7. The van der Waals surface area contributed by atoms with Crippen LogP contribution < -0.4 is 4.74 Å². The number of ether oxygens (including phenoxy) is 1. The van der Waals surface area contributed by atoms with Gasteiger partial charge in [-0.15, -0.1) is 0 Å². The fourth-order valence-electron chi connectivity index (χ4n) is 1.38. The van der Waals surface area contributed by atoms with Gasteiger partial charge in [0.05, 0.1) is 10.0 Å². The van der Waals surface area contributed by atoms with E-state index in [1.807, 2.05) is 6.07 Å². The number of hydrogen-bond donors (Lipinski definition) is 0. The molecule has 0 bridgehead atoms. The summed E-state index contributed by atoms with van der Waals surface area (Å²) in [6.07, 6.45) is 0. The van der Waals surface area contributed by atoms with Gasteiger partial charge < -0.3 is 4.74 Å². The van der Waals surface area contributed by atoms with Crippen LogP contribution in [0.2, 0.25) is 10.0 Å². The highest BCUT2D eigenvalue weighted by Gasteiger charge is 2.12. The average Bonchev–Trinajstić information content (AvgIpc) is 2.35. The lowest BCUT2D eigenvalue weighted by Crippen LogP contribution is -1.92. The Hall–Kier alpha value is -1.76. The first-order valence-corrected chi connectivity index (χ1v) is 5.69. The molecule has 0 radical (unpaired) electrons. The fourth-order valence-corrected chi connectivity index (χ4v) is 1.75. The molecular weight excluding hydrogens is 276 g/mol. The first-order chi connectivity index (χ1) is 8.63. The Bertz CT molecular complexity index is 637. The molecule has 2 aromatic rings. The summed E-state index contributed by atoms with van der Waals surface area (Å²) in [6, 6.07) is 11.0. The molecule has 0 N–H and O–H groups in total. The molecule has 0 saturated heterocycles. The van der Waals surface area contributed by atoms with Crippen LogP contribution in [0.25, 0.3) is 0 Å². The van der Waals surface area contributed by atoms with Gasteiger partial charge in [0.15, 0.2) is 11.6 Å². The summed E-state index contributed by atoms with van der Waals surface area (Å²) in [5, 5.41) is 9.17. The number of hydrogen-bond acceptors (Lipinski definition) is 2. The summed E-state index contributed by atoms with van der Waals surface area (Å²) in [4.78, 5) is 0. The lowest BCUT2D eigenvalue weighted by molar-refractivity contribution is 0.441. The minimum atomic E-state index is -0.678. The molecule has 90 valence electrons. The van der Waals surface area contributed by atoms with E-state index in [2.05, 4.69) is 0 Å². The normalized spacial score (nSPS) is 9.89. The first-order valence-electron chi connectivity index (χ1n) is 4.94. The minimum absolute atomic E-state index is 0.0481. The van der Waals surface area contributed by atoms with Crippen molar-refractivity contribution >= 4 is 23.2 Å². The van der Waals surface area contributed by atoms with Gasteiger partial charge in [-0.25, -0.2) is 4.39 Å². The van der Waals surface area contributed by atoms with Crippen molar-refractivity contribution in [2.45, 2.75) is 0 Å². The Labute approximate surface area is 113 Å². The molecule has 0 saturated carbocycles. The number of benzene rings is 2. The van der Waals surface area contributed by atoms with Crippen molar-refractivity contribution in [3.8, 4) is 17.6 Å². The summed E-state index contributed by atoms with van der Waals surface area (Å²) < 4.78 is 19.0. The van der Waals surface area contributed by atoms with Crippen LogP contribution in [-0.4, -0.2) is 0 Å². The second-order valence-electron chi connectivity index (χ2n) is 3.38. The van der Waals surface area contributed by atoms with Crippen molar-refractivity contribution in [2.75, 3.05) is 0 Å². The van der Waals surface area contributed by atoms with Gasteiger partial charge in [-0.2, -0.15) is 5.26 Å². The molecule has 0 spiro atoms. The molecule has 0 aliphatic carbocycles. The van der Waals surface area contributed by atoms with Gasteiger partial charge in [0.25, 0.3) is 0 Å². The monoisotopic (exact) mass is 281 g/mol. The minimum Gasteiger partial charge on any atom is -0.453 e. The van der Waals surface area contributed by atoms with E-state index in [4.69, 9.17) is 33.2 Å². The molecule has 0 atom stereocenters. The number of halogens is 3. The van der Waals surface area contributed by atoms with Crippen LogP contribution >= 0.6 is 23.2 Å². The zero-order chi connectivity index (χ0) is 13.1. The predicted molar refractivity (Wildman–Crippen MR) is 67.7 cm³/mol. The van der Waals surface area contributed by atoms with Crippen LogP contribution in [0.3, 0.4) is 0 Å². The zero-order valence-electron chi connectivity index (χ0n) is 8.95. The van der Waals surface area contributed by atoms with Crippen molar-refractivity contribution in [1.29, 1.82) is 5.26 Å². The molecule has 0 heterocycles. The Morgan fingerprint density at radius 3 is 2.28 bits per heavy atom. The van der Waals surface area contributed by atoms with Crippen LogP contribution in [0.15, 0.2) is 36.4 Å². The highest BCUT2D eigenvalue weighted by Crippen LogP contribution is 2.32. The van der Waals surface area contributed by atoms with E-state index in [0.717, 1.165) is 0 Å². The molecule has 0 aromatic heterocycles.